The molecule has 1 aromatic carbocycles. The second kappa shape index (κ2) is 6.52. The second-order valence-corrected chi connectivity index (χ2v) is 7.04. The van der Waals surface area contributed by atoms with Crippen LogP contribution in [0.25, 0.3) is 10.9 Å². The number of benzene rings is 1. The summed E-state index contributed by atoms with van der Waals surface area (Å²) in [5, 5.41) is 1.49. The first-order valence-corrected chi connectivity index (χ1v) is 8.85. The number of aromatic nitrogens is 1. The number of carbonyl (C=O) groups excluding carboxylic acids is 1. The van der Waals surface area contributed by atoms with Gasteiger partial charge >= 0.3 is 0 Å². The normalized spacial score (nSPS) is 14.0. The van der Waals surface area contributed by atoms with Crippen LogP contribution < -0.4 is 0 Å². The smallest absolute Gasteiger partial charge is 0.226 e. The van der Waals surface area contributed by atoms with E-state index in [-0.39, 0.29) is 11.8 Å². The molecule has 0 spiro atoms. The van der Waals surface area contributed by atoms with Crippen LogP contribution in [0.2, 0.25) is 5.15 Å². The molecule has 1 fully saturated rings. The summed E-state index contributed by atoms with van der Waals surface area (Å²) in [6, 6.07) is 11.8. The van der Waals surface area contributed by atoms with E-state index in [0.29, 0.717) is 18.2 Å². The van der Waals surface area contributed by atoms with E-state index < -0.39 is 0 Å². The molecule has 3 aromatic rings. The van der Waals surface area contributed by atoms with Gasteiger partial charge in [-0.25, -0.2) is 4.98 Å². The van der Waals surface area contributed by atoms with Crippen molar-refractivity contribution in [1.82, 2.24) is 9.88 Å². The molecular weight excluding hydrogens is 336 g/mol. The Morgan fingerprint density at radius 1 is 1.28 bits per heavy atom. The van der Waals surface area contributed by atoms with Crippen LogP contribution in [-0.4, -0.2) is 15.8 Å². The van der Waals surface area contributed by atoms with Gasteiger partial charge in [0.15, 0.2) is 0 Å². The number of pyridine rings is 1. The molecule has 1 amide bonds. The zero-order valence-corrected chi connectivity index (χ0v) is 14.8. The fraction of sp³-hybridized carbons (Fsp3) is 0.300. The molecule has 0 atom stereocenters. The first-order valence-electron chi connectivity index (χ1n) is 8.47. The van der Waals surface area contributed by atoms with Crippen LogP contribution in [0.3, 0.4) is 0 Å². The molecular formula is C20H19ClN2O2. The van der Waals surface area contributed by atoms with Gasteiger partial charge in [0.05, 0.1) is 18.3 Å². The molecule has 1 saturated carbocycles. The van der Waals surface area contributed by atoms with Crippen molar-refractivity contribution in [3.8, 4) is 0 Å². The molecule has 25 heavy (non-hydrogen) atoms. The zero-order valence-electron chi connectivity index (χ0n) is 14.0. The number of nitrogens with zero attached hydrogens (tertiary/aromatic N) is 2. The van der Waals surface area contributed by atoms with Gasteiger partial charge in [0, 0.05) is 23.4 Å². The van der Waals surface area contributed by atoms with E-state index in [4.69, 9.17) is 16.0 Å². The summed E-state index contributed by atoms with van der Waals surface area (Å²) in [5.74, 6) is 1.08. The number of carbonyl (C=O) groups is 1. The van der Waals surface area contributed by atoms with Gasteiger partial charge in [-0.1, -0.05) is 23.2 Å². The molecule has 128 valence electrons. The molecule has 1 aliphatic carbocycles. The summed E-state index contributed by atoms with van der Waals surface area (Å²) in [4.78, 5) is 19.0. The highest BCUT2D eigenvalue weighted by molar-refractivity contribution is 6.30. The van der Waals surface area contributed by atoms with E-state index in [1.54, 1.807) is 6.26 Å². The van der Waals surface area contributed by atoms with Crippen molar-refractivity contribution < 1.29 is 9.21 Å². The molecule has 4 rings (SSSR count). The highest BCUT2D eigenvalue weighted by Crippen LogP contribution is 2.33. The van der Waals surface area contributed by atoms with Gasteiger partial charge in [0.1, 0.15) is 10.9 Å². The zero-order chi connectivity index (χ0) is 17.4. The van der Waals surface area contributed by atoms with Gasteiger partial charge in [-0.15, -0.1) is 0 Å². The average molecular weight is 355 g/mol. The second-order valence-electron chi connectivity index (χ2n) is 6.68. The molecule has 2 heterocycles. The van der Waals surface area contributed by atoms with E-state index >= 15 is 0 Å². The van der Waals surface area contributed by atoms with Crippen LogP contribution in [0, 0.1) is 12.8 Å². The molecule has 0 unspecified atom stereocenters. The molecule has 0 N–H and O–H groups in total. The lowest BCUT2D eigenvalue weighted by atomic mass is 10.1. The minimum atomic E-state index is 0.143. The summed E-state index contributed by atoms with van der Waals surface area (Å²) < 4.78 is 5.43. The maximum absolute atomic E-state index is 12.7. The van der Waals surface area contributed by atoms with Crippen LogP contribution in [-0.2, 0) is 17.9 Å². The highest BCUT2D eigenvalue weighted by atomic mass is 35.5. The number of aryl methyl sites for hydroxylation is 1. The minimum absolute atomic E-state index is 0.143. The maximum atomic E-state index is 12.7. The molecule has 0 saturated heterocycles. The fourth-order valence-corrected chi connectivity index (χ4v) is 3.23. The van der Waals surface area contributed by atoms with Crippen molar-refractivity contribution in [3.63, 3.8) is 0 Å². The average Bonchev–Trinajstić information content (AvgIpc) is 3.32. The van der Waals surface area contributed by atoms with Crippen LogP contribution in [0.15, 0.2) is 47.1 Å². The number of fused-ring (bicyclic) bond motifs is 1. The third-order valence-corrected chi connectivity index (χ3v) is 4.85. The Balaban J connectivity index is 1.65. The third kappa shape index (κ3) is 3.54. The van der Waals surface area contributed by atoms with Crippen molar-refractivity contribution >= 4 is 28.4 Å². The Morgan fingerprint density at radius 3 is 2.84 bits per heavy atom. The number of hydrogen-bond donors (Lipinski definition) is 0. The Labute approximate surface area is 151 Å². The van der Waals surface area contributed by atoms with Crippen LogP contribution in [0.4, 0.5) is 0 Å². The van der Waals surface area contributed by atoms with Gasteiger partial charge in [-0.05, 0) is 50.1 Å². The van der Waals surface area contributed by atoms with E-state index in [1.807, 2.05) is 42.2 Å². The summed E-state index contributed by atoms with van der Waals surface area (Å²) in [6.07, 6.45) is 3.56. The molecule has 5 heteroatoms. The largest absolute Gasteiger partial charge is 0.467 e. The maximum Gasteiger partial charge on any atom is 0.226 e. The SMILES string of the molecule is Cc1ccc2nc(Cl)c(CN(Cc3ccco3)C(=O)C3CC3)cc2c1. The lowest BCUT2D eigenvalue weighted by molar-refractivity contribution is -0.134. The van der Waals surface area contributed by atoms with Gasteiger partial charge in [0.2, 0.25) is 5.91 Å². The molecule has 0 radical (unpaired) electrons. The van der Waals surface area contributed by atoms with E-state index in [0.717, 1.165) is 35.1 Å². The van der Waals surface area contributed by atoms with E-state index in [1.165, 1.54) is 5.56 Å². The van der Waals surface area contributed by atoms with Crippen molar-refractivity contribution in [3.05, 3.63) is 64.7 Å². The molecule has 0 bridgehead atoms. The quantitative estimate of drug-likeness (QED) is 0.622. The summed E-state index contributed by atoms with van der Waals surface area (Å²) in [5.41, 5.74) is 2.90. The van der Waals surface area contributed by atoms with Gasteiger partial charge < -0.3 is 9.32 Å². The Bertz CT molecular complexity index is 917. The molecule has 2 aromatic heterocycles. The van der Waals surface area contributed by atoms with E-state index in [2.05, 4.69) is 11.1 Å². The fourth-order valence-electron chi connectivity index (χ4n) is 3.02. The topological polar surface area (TPSA) is 46.3 Å². The first kappa shape index (κ1) is 16.2. The van der Waals surface area contributed by atoms with Crippen LogP contribution in [0.5, 0.6) is 0 Å². The van der Waals surface area contributed by atoms with Gasteiger partial charge in [0.25, 0.3) is 0 Å². The Morgan fingerprint density at radius 2 is 2.12 bits per heavy atom. The first-order chi connectivity index (χ1) is 12.1. The number of halogens is 1. The molecule has 1 aliphatic rings. The van der Waals surface area contributed by atoms with Crippen molar-refractivity contribution in [2.24, 2.45) is 5.92 Å². The molecule has 0 aliphatic heterocycles. The summed E-state index contributed by atoms with van der Waals surface area (Å²) in [6.45, 7) is 2.93. The lowest BCUT2D eigenvalue weighted by Gasteiger charge is -2.22. The Kier molecular flexibility index (Phi) is 4.22. The van der Waals surface area contributed by atoms with Crippen LogP contribution in [0.1, 0.15) is 29.7 Å². The van der Waals surface area contributed by atoms with E-state index in [9.17, 15) is 4.79 Å². The summed E-state index contributed by atoms with van der Waals surface area (Å²) >= 11 is 6.40. The number of amides is 1. The number of rotatable bonds is 5. The Hall–Kier alpha value is -2.33. The predicted octanol–water partition coefficient (Wildman–Crippen LogP) is 4.73. The lowest BCUT2D eigenvalue weighted by Crippen LogP contribution is -2.31. The van der Waals surface area contributed by atoms with Gasteiger partial charge in [-0.3, -0.25) is 4.79 Å². The standard InChI is InChI=1S/C20H19ClN2O2/c1-13-4-7-18-15(9-13)10-16(19(21)22-18)11-23(20(24)14-5-6-14)12-17-3-2-8-25-17/h2-4,7-10,14H,5-6,11-12H2,1H3. The number of furan rings is 1. The predicted molar refractivity (Wildman–Crippen MR) is 97.2 cm³/mol. The van der Waals surface area contributed by atoms with Crippen LogP contribution >= 0.6 is 11.6 Å². The van der Waals surface area contributed by atoms with Gasteiger partial charge in [-0.2, -0.15) is 0 Å². The third-order valence-electron chi connectivity index (χ3n) is 4.52. The van der Waals surface area contributed by atoms with Crippen molar-refractivity contribution in [1.29, 1.82) is 0 Å². The van der Waals surface area contributed by atoms with Crippen molar-refractivity contribution in [2.45, 2.75) is 32.9 Å². The van der Waals surface area contributed by atoms with Crippen molar-refractivity contribution in [2.75, 3.05) is 0 Å². The summed E-state index contributed by atoms with van der Waals surface area (Å²) in [7, 11) is 0. The molecule has 4 nitrogen and oxygen atoms in total. The monoisotopic (exact) mass is 354 g/mol. The minimum Gasteiger partial charge on any atom is -0.467 e. The number of hydrogen-bond acceptors (Lipinski definition) is 3. The highest BCUT2D eigenvalue weighted by Gasteiger charge is 2.34.